The molecule has 0 bridgehead atoms. The first kappa shape index (κ1) is 16.7. The van der Waals surface area contributed by atoms with Crippen LogP contribution in [0.1, 0.15) is 24.8 Å². The molecule has 2 N–H and O–H groups in total. The summed E-state index contributed by atoms with van der Waals surface area (Å²) in [4.78, 5) is 11.2. The van der Waals surface area contributed by atoms with E-state index in [9.17, 15) is 9.18 Å². The van der Waals surface area contributed by atoms with E-state index < -0.39 is 11.5 Å². The second-order valence-corrected chi connectivity index (χ2v) is 4.79. The van der Waals surface area contributed by atoms with Crippen LogP contribution in [-0.4, -0.2) is 29.9 Å². The summed E-state index contributed by atoms with van der Waals surface area (Å²) < 4.78 is 18.2. The van der Waals surface area contributed by atoms with Gasteiger partial charge >= 0.3 is 0 Å². The normalized spacial score (nSPS) is 12.0. The summed E-state index contributed by atoms with van der Waals surface area (Å²) in [5.41, 5.74) is -0.707. The van der Waals surface area contributed by atoms with Crippen LogP contribution < -0.4 is 10.1 Å². The van der Waals surface area contributed by atoms with Crippen molar-refractivity contribution < 1.29 is 19.0 Å². The van der Waals surface area contributed by atoms with Crippen LogP contribution in [0.4, 0.5) is 10.1 Å². The summed E-state index contributed by atoms with van der Waals surface area (Å²) in [7, 11) is 0. The maximum Gasteiger partial charge on any atom is 0.274 e. The van der Waals surface area contributed by atoms with Crippen molar-refractivity contribution in [3.63, 3.8) is 0 Å². The number of alkyl halides is 2. The lowest BCUT2D eigenvalue weighted by Crippen LogP contribution is -2.19. The van der Waals surface area contributed by atoms with Crippen molar-refractivity contribution in [2.75, 3.05) is 18.5 Å². The first-order valence-electron chi connectivity index (χ1n) is 6.48. The first-order valence-corrected chi connectivity index (χ1v) is 6.91. The van der Waals surface area contributed by atoms with Gasteiger partial charge < -0.3 is 15.2 Å². The number of rotatable bonds is 8. The van der Waals surface area contributed by atoms with Crippen LogP contribution in [0, 0.1) is 6.92 Å². The van der Waals surface area contributed by atoms with Gasteiger partial charge in [-0.2, -0.15) is 0 Å². The van der Waals surface area contributed by atoms with Gasteiger partial charge in [0.2, 0.25) is 0 Å². The Kier molecular flexibility index (Phi) is 7.33. The molecule has 1 aromatic carbocycles. The zero-order chi connectivity index (χ0) is 15.0. The minimum absolute atomic E-state index is 0.184. The number of nitrogens with one attached hydrogen (secondary N) is 1. The second-order valence-electron chi connectivity index (χ2n) is 4.40. The van der Waals surface area contributed by atoms with E-state index in [0.717, 1.165) is 24.8 Å². The van der Waals surface area contributed by atoms with Gasteiger partial charge in [-0.3, -0.25) is 4.79 Å². The fourth-order valence-electron chi connectivity index (χ4n) is 1.60. The molecule has 0 aliphatic heterocycles. The molecule has 0 saturated carbocycles. The number of amides is 1. The van der Waals surface area contributed by atoms with Crippen LogP contribution >= 0.6 is 11.6 Å². The average Bonchev–Trinajstić information content (AvgIpc) is 2.41. The monoisotopic (exact) mass is 303 g/mol. The molecule has 0 heterocycles. The predicted molar refractivity (Wildman–Crippen MR) is 77.0 cm³/mol. The third-order valence-electron chi connectivity index (χ3n) is 2.71. The Bertz CT molecular complexity index is 440. The van der Waals surface area contributed by atoms with Crippen molar-refractivity contribution >= 4 is 23.2 Å². The van der Waals surface area contributed by atoms with E-state index in [1.807, 2.05) is 6.92 Å². The standard InChI is InChI=1S/C14H19ClFNO3/c1-10-5-6-11(17-14(19)13(15)16)9-12(10)20-8-4-2-3-7-18/h5-6,9,13,18H,2-4,7-8H2,1H3,(H,17,19). The minimum atomic E-state index is -2.07. The highest BCUT2D eigenvalue weighted by Crippen LogP contribution is 2.23. The van der Waals surface area contributed by atoms with E-state index in [4.69, 9.17) is 21.4 Å². The van der Waals surface area contributed by atoms with Crippen molar-refractivity contribution in [2.45, 2.75) is 31.8 Å². The summed E-state index contributed by atoms with van der Waals surface area (Å²) in [5, 5.41) is 11.0. The maximum absolute atomic E-state index is 12.6. The molecule has 1 aromatic rings. The third-order valence-corrected chi connectivity index (χ3v) is 2.91. The summed E-state index contributed by atoms with van der Waals surface area (Å²) in [6, 6.07) is 5.07. The number of aliphatic hydroxyl groups excluding tert-OH is 1. The molecule has 0 aliphatic carbocycles. The van der Waals surface area contributed by atoms with Crippen LogP contribution in [0.2, 0.25) is 0 Å². The van der Waals surface area contributed by atoms with Crippen LogP contribution in [0.5, 0.6) is 5.75 Å². The third kappa shape index (κ3) is 5.75. The number of halogens is 2. The molecule has 1 amide bonds. The number of unbranched alkanes of at least 4 members (excludes halogenated alkanes) is 2. The molecular formula is C14H19ClFNO3. The molecule has 0 aromatic heterocycles. The van der Waals surface area contributed by atoms with Crippen LogP contribution in [0.3, 0.4) is 0 Å². The zero-order valence-corrected chi connectivity index (χ0v) is 12.1. The van der Waals surface area contributed by atoms with Gasteiger partial charge in [0.1, 0.15) is 5.75 Å². The lowest BCUT2D eigenvalue weighted by atomic mass is 10.2. The molecule has 6 heteroatoms. The number of aryl methyl sites for hydroxylation is 1. The van der Waals surface area contributed by atoms with E-state index in [2.05, 4.69) is 5.32 Å². The largest absolute Gasteiger partial charge is 0.493 e. The van der Waals surface area contributed by atoms with Gasteiger partial charge in [0.05, 0.1) is 6.61 Å². The quantitative estimate of drug-likeness (QED) is 0.573. The molecule has 1 atom stereocenters. The lowest BCUT2D eigenvalue weighted by molar-refractivity contribution is -0.118. The number of hydrogen-bond acceptors (Lipinski definition) is 3. The van der Waals surface area contributed by atoms with Gasteiger partial charge in [-0.05, 0) is 37.8 Å². The minimum Gasteiger partial charge on any atom is -0.493 e. The highest BCUT2D eigenvalue weighted by atomic mass is 35.5. The van der Waals surface area contributed by atoms with Gasteiger partial charge in [0.15, 0.2) is 0 Å². The number of benzene rings is 1. The Labute approximate surface area is 122 Å². The number of carbonyl (C=O) groups is 1. The molecule has 112 valence electrons. The average molecular weight is 304 g/mol. The highest BCUT2D eigenvalue weighted by Gasteiger charge is 2.13. The number of hydrogen-bond donors (Lipinski definition) is 2. The van der Waals surface area contributed by atoms with Crippen LogP contribution in [-0.2, 0) is 4.79 Å². The molecule has 0 saturated heterocycles. The van der Waals surface area contributed by atoms with Gasteiger partial charge in [-0.15, -0.1) is 0 Å². The fraction of sp³-hybridized carbons (Fsp3) is 0.500. The van der Waals surface area contributed by atoms with Gasteiger partial charge in [0.25, 0.3) is 11.5 Å². The zero-order valence-electron chi connectivity index (χ0n) is 11.4. The number of aliphatic hydroxyl groups is 1. The van der Waals surface area contributed by atoms with E-state index in [0.29, 0.717) is 18.0 Å². The molecule has 0 aliphatic rings. The van der Waals surface area contributed by atoms with Crippen LogP contribution in [0.25, 0.3) is 0 Å². The summed E-state index contributed by atoms with van der Waals surface area (Å²) in [6.45, 7) is 2.59. The predicted octanol–water partition coefficient (Wildman–Crippen LogP) is 3.01. The number of carbonyl (C=O) groups excluding carboxylic acids is 1. The molecule has 0 fully saturated rings. The van der Waals surface area contributed by atoms with E-state index in [1.54, 1.807) is 18.2 Å². The second kappa shape index (κ2) is 8.76. The van der Waals surface area contributed by atoms with Crippen molar-refractivity contribution in [3.8, 4) is 5.75 Å². The summed E-state index contributed by atoms with van der Waals surface area (Å²) in [5.74, 6) is -0.263. The van der Waals surface area contributed by atoms with E-state index in [1.165, 1.54) is 0 Å². The Morgan fingerprint density at radius 3 is 2.85 bits per heavy atom. The fourth-order valence-corrected chi connectivity index (χ4v) is 1.66. The number of anilines is 1. The van der Waals surface area contributed by atoms with Crippen molar-refractivity contribution in [1.82, 2.24) is 0 Å². The van der Waals surface area contributed by atoms with Crippen LogP contribution in [0.15, 0.2) is 18.2 Å². The van der Waals surface area contributed by atoms with Gasteiger partial charge in [0, 0.05) is 18.4 Å². The molecular weight excluding hydrogens is 285 g/mol. The Hall–Kier alpha value is -1.33. The molecule has 0 radical (unpaired) electrons. The molecule has 0 spiro atoms. The highest BCUT2D eigenvalue weighted by molar-refractivity contribution is 6.31. The van der Waals surface area contributed by atoms with Crippen molar-refractivity contribution in [3.05, 3.63) is 23.8 Å². The summed E-state index contributed by atoms with van der Waals surface area (Å²) in [6.07, 6.45) is 2.48. The lowest BCUT2D eigenvalue weighted by Gasteiger charge is -2.12. The van der Waals surface area contributed by atoms with Crippen molar-refractivity contribution in [1.29, 1.82) is 0 Å². The SMILES string of the molecule is Cc1ccc(NC(=O)C(F)Cl)cc1OCCCCCO. The summed E-state index contributed by atoms with van der Waals surface area (Å²) >= 11 is 5.05. The topological polar surface area (TPSA) is 58.6 Å². The first-order chi connectivity index (χ1) is 9.54. The van der Waals surface area contributed by atoms with Crippen molar-refractivity contribution in [2.24, 2.45) is 0 Å². The molecule has 4 nitrogen and oxygen atoms in total. The van der Waals surface area contributed by atoms with E-state index in [-0.39, 0.29) is 6.61 Å². The maximum atomic E-state index is 12.6. The smallest absolute Gasteiger partial charge is 0.274 e. The van der Waals surface area contributed by atoms with E-state index >= 15 is 0 Å². The molecule has 1 unspecified atom stereocenters. The Morgan fingerprint density at radius 2 is 2.20 bits per heavy atom. The number of ether oxygens (including phenoxy) is 1. The van der Waals surface area contributed by atoms with Gasteiger partial charge in [-0.25, -0.2) is 4.39 Å². The Balaban J connectivity index is 2.55. The Morgan fingerprint density at radius 1 is 1.45 bits per heavy atom. The van der Waals surface area contributed by atoms with Gasteiger partial charge in [-0.1, -0.05) is 17.7 Å². The molecule has 20 heavy (non-hydrogen) atoms. The molecule has 1 rings (SSSR count).